The minimum atomic E-state index is -0.545. The van der Waals surface area contributed by atoms with E-state index in [-0.39, 0.29) is 29.0 Å². The molecule has 0 saturated carbocycles. The molecule has 1 aromatic carbocycles. The van der Waals surface area contributed by atoms with E-state index in [0.717, 1.165) is 0 Å². The van der Waals surface area contributed by atoms with E-state index in [0.29, 0.717) is 36.6 Å². The van der Waals surface area contributed by atoms with Crippen LogP contribution in [-0.4, -0.2) is 53.1 Å². The van der Waals surface area contributed by atoms with Gasteiger partial charge in [0.2, 0.25) is 0 Å². The van der Waals surface area contributed by atoms with E-state index in [1.165, 1.54) is 0 Å². The molecule has 1 aliphatic rings. The van der Waals surface area contributed by atoms with Crippen LogP contribution in [0.4, 0.5) is 4.79 Å². The van der Waals surface area contributed by atoms with Crippen LogP contribution in [0.2, 0.25) is 10.0 Å². The van der Waals surface area contributed by atoms with Gasteiger partial charge in [0, 0.05) is 19.6 Å². The Kier molecular flexibility index (Phi) is 7.03. The molecule has 27 heavy (non-hydrogen) atoms. The number of hydrogen-bond donors (Lipinski definition) is 0. The number of nitrogens with zero attached hydrogens (tertiary/aromatic N) is 2. The Morgan fingerprint density at radius 1 is 1.30 bits per heavy atom. The zero-order chi connectivity index (χ0) is 20.4. The second-order valence-corrected chi connectivity index (χ2v) is 9.11. The fraction of sp³-hybridized carbons (Fsp3) is 0.600. The molecular weight excluding hydrogens is 387 g/mol. The summed E-state index contributed by atoms with van der Waals surface area (Å²) in [6, 6.07) is 4.98. The summed E-state index contributed by atoms with van der Waals surface area (Å²) in [5.74, 6) is 0.120. The molecule has 2 amide bonds. The van der Waals surface area contributed by atoms with Crippen molar-refractivity contribution in [1.82, 2.24) is 9.80 Å². The largest absolute Gasteiger partial charge is 0.444 e. The van der Waals surface area contributed by atoms with Crippen molar-refractivity contribution in [2.75, 3.05) is 19.6 Å². The van der Waals surface area contributed by atoms with Gasteiger partial charge in [-0.3, -0.25) is 4.79 Å². The Labute approximate surface area is 171 Å². The van der Waals surface area contributed by atoms with E-state index in [2.05, 4.69) is 13.8 Å². The summed E-state index contributed by atoms with van der Waals surface area (Å²) < 4.78 is 5.46. The average Bonchev–Trinajstić information content (AvgIpc) is 3.03. The number of halogens is 2. The Morgan fingerprint density at radius 2 is 1.96 bits per heavy atom. The van der Waals surface area contributed by atoms with Gasteiger partial charge < -0.3 is 14.5 Å². The first-order chi connectivity index (χ1) is 12.5. The van der Waals surface area contributed by atoms with Crippen LogP contribution in [0, 0.1) is 5.92 Å². The van der Waals surface area contributed by atoms with E-state index in [9.17, 15) is 9.59 Å². The van der Waals surface area contributed by atoms with E-state index < -0.39 is 5.60 Å². The summed E-state index contributed by atoms with van der Waals surface area (Å²) in [6.07, 6.45) is 0.360. The van der Waals surface area contributed by atoms with Crippen molar-refractivity contribution in [1.29, 1.82) is 0 Å². The molecule has 1 aromatic rings. The minimum Gasteiger partial charge on any atom is -0.444 e. The van der Waals surface area contributed by atoms with Gasteiger partial charge in [0.15, 0.2) is 0 Å². The van der Waals surface area contributed by atoms with Gasteiger partial charge in [0.25, 0.3) is 5.91 Å². The molecule has 1 heterocycles. The van der Waals surface area contributed by atoms with Crippen molar-refractivity contribution < 1.29 is 14.3 Å². The number of likely N-dealkylation sites (tertiary alicyclic amines) is 1. The zero-order valence-corrected chi connectivity index (χ0v) is 18.1. The molecule has 1 atom stereocenters. The predicted molar refractivity (Wildman–Crippen MR) is 109 cm³/mol. The molecule has 0 aromatic heterocycles. The fourth-order valence-electron chi connectivity index (χ4n) is 3.10. The third-order valence-corrected chi connectivity index (χ3v) is 5.08. The van der Waals surface area contributed by atoms with Crippen LogP contribution in [0.5, 0.6) is 0 Å². The van der Waals surface area contributed by atoms with Crippen molar-refractivity contribution in [3.05, 3.63) is 33.8 Å². The lowest BCUT2D eigenvalue weighted by Crippen LogP contribution is -2.45. The summed E-state index contributed by atoms with van der Waals surface area (Å²) in [5.41, 5.74) is -0.155. The lowest BCUT2D eigenvalue weighted by molar-refractivity contribution is 0.0273. The highest BCUT2D eigenvalue weighted by atomic mass is 35.5. The SMILES string of the molecule is CC(C)CN(C(=O)c1cccc(Cl)c1Cl)[C@H]1CCN(C(=O)OC(C)(C)C)C1. The number of hydrogen-bond acceptors (Lipinski definition) is 3. The highest BCUT2D eigenvalue weighted by molar-refractivity contribution is 6.43. The van der Waals surface area contributed by atoms with Crippen LogP contribution in [0.15, 0.2) is 18.2 Å². The van der Waals surface area contributed by atoms with Crippen molar-refractivity contribution >= 4 is 35.2 Å². The van der Waals surface area contributed by atoms with Gasteiger partial charge >= 0.3 is 6.09 Å². The lowest BCUT2D eigenvalue weighted by atomic mass is 10.1. The highest BCUT2D eigenvalue weighted by Crippen LogP contribution is 2.29. The normalized spacial score (nSPS) is 17.3. The monoisotopic (exact) mass is 414 g/mol. The number of carbonyl (C=O) groups is 2. The molecule has 7 heteroatoms. The fourth-order valence-corrected chi connectivity index (χ4v) is 3.48. The van der Waals surface area contributed by atoms with Crippen LogP contribution in [0.3, 0.4) is 0 Å². The molecule has 150 valence electrons. The van der Waals surface area contributed by atoms with E-state index in [1.54, 1.807) is 23.1 Å². The molecule has 1 fully saturated rings. The van der Waals surface area contributed by atoms with Gasteiger partial charge in [-0.05, 0) is 45.2 Å². The first kappa shape index (κ1) is 21.8. The first-order valence-corrected chi connectivity index (χ1v) is 9.98. The summed E-state index contributed by atoms with van der Waals surface area (Å²) in [4.78, 5) is 29.0. The van der Waals surface area contributed by atoms with Crippen molar-refractivity contribution in [3.63, 3.8) is 0 Å². The van der Waals surface area contributed by atoms with Crippen LogP contribution in [0.1, 0.15) is 51.4 Å². The van der Waals surface area contributed by atoms with Gasteiger partial charge in [0.1, 0.15) is 5.60 Å². The Balaban J connectivity index is 2.18. The molecule has 0 bridgehead atoms. The highest BCUT2D eigenvalue weighted by Gasteiger charge is 2.35. The number of ether oxygens (including phenoxy) is 1. The second kappa shape index (κ2) is 8.70. The van der Waals surface area contributed by atoms with Crippen LogP contribution in [0.25, 0.3) is 0 Å². The standard InChI is InChI=1S/C20H28Cl2N2O3/c1-13(2)11-24(18(25)15-7-6-8-16(21)17(15)22)14-9-10-23(12-14)19(26)27-20(3,4)5/h6-8,13-14H,9-12H2,1-5H3/t14-/m0/s1. The first-order valence-electron chi connectivity index (χ1n) is 9.22. The molecule has 5 nitrogen and oxygen atoms in total. The second-order valence-electron chi connectivity index (χ2n) is 8.32. The Bertz CT molecular complexity index is 701. The van der Waals surface area contributed by atoms with Crippen LogP contribution in [-0.2, 0) is 4.74 Å². The molecule has 2 rings (SSSR count). The van der Waals surface area contributed by atoms with Crippen LogP contribution < -0.4 is 0 Å². The molecule has 1 aliphatic heterocycles. The van der Waals surface area contributed by atoms with Gasteiger partial charge in [0.05, 0.1) is 21.7 Å². The third-order valence-electron chi connectivity index (χ3n) is 4.26. The maximum Gasteiger partial charge on any atom is 0.410 e. The van der Waals surface area contributed by atoms with E-state index in [1.807, 2.05) is 25.7 Å². The molecule has 0 radical (unpaired) electrons. The van der Waals surface area contributed by atoms with E-state index in [4.69, 9.17) is 27.9 Å². The summed E-state index contributed by atoms with van der Waals surface area (Å²) in [6.45, 7) is 11.2. The molecule has 0 unspecified atom stereocenters. The minimum absolute atomic E-state index is 0.0810. The molecule has 0 spiro atoms. The molecule has 0 N–H and O–H groups in total. The average molecular weight is 415 g/mol. The summed E-state index contributed by atoms with van der Waals surface area (Å²) in [7, 11) is 0. The van der Waals surface area contributed by atoms with Crippen molar-refractivity contribution in [2.45, 2.75) is 52.7 Å². The topological polar surface area (TPSA) is 49.9 Å². The molecule has 0 aliphatic carbocycles. The smallest absolute Gasteiger partial charge is 0.410 e. The van der Waals surface area contributed by atoms with Gasteiger partial charge in [-0.2, -0.15) is 0 Å². The number of carbonyl (C=O) groups excluding carboxylic acids is 2. The Hall–Kier alpha value is -1.46. The molecule has 1 saturated heterocycles. The number of benzene rings is 1. The summed E-state index contributed by atoms with van der Waals surface area (Å²) >= 11 is 12.3. The number of rotatable bonds is 4. The molecular formula is C20H28Cl2N2O3. The lowest BCUT2D eigenvalue weighted by Gasteiger charge is -2.31. The van der Waals surface area contributed by atoms with Crippen LogP contribution >= 0.6 is 23.2 Å². The van der Waals surface area contributed by atoms with E-state index >= 15 is 0 Å². The predicted octanol–water partition coefficient (Wildman–Crippen LogP) is 5.10. The van der Waals surface area contributed by atoms with Gasteiger partial charge in [-0.1, -0.05) is 43.1 Å². The zero-order valence-electron chi connectivity index (χ0n) is 16.6. The maximum atomic E-state index is 13.2. The maximum absolute atomic E-state index is 13.2. The number of amides is 2. The van der Waals surface area contributed by atoms with Crippen molar-refractivity contribution in [3.8, 4) is 0 Å². The quantitative estimate of drug-likeness (QED) is 0.688. The van der Waals surface area contributed by atoms with Gasteiger partial charge in [-0.25, -0.2) is 4.79 Å². The Morgan fingerprint density at radius 3 is 2.56 bits per heavy atom. The summed E-state index contributed by atoms with van der Waals surface area (Å²) in [5, 5.41) is 0.619. The van der Waals surface area contributed by atoms with Gasteiger partial charge in [-0.15, -0.1) is 0 Å². The third kappa shape index (κ3) is 5.76. The van der Waals surface area contributed by atoms with Crippen molar-refractivity contribution in [2.24, 2.45) is 5.92 Å².